The predicted octanol–water partition coefficient (Wildman–Crippen LogP) is 2.99. The van der Waals surface area contributed by atoms with Crippen LogP contribution in [-0.4, -0.2) is 23.8 Å². The van der Waals surface area contributed by atoms with Crippen molar-refractivity contribution < 1.29 is 14.6 Å². The van der Waals surface area contributed by atoms with Crippen LogP contribution in [0.1, 0.15) is 11.1 Å². The Morgan fingerprint density at radius 3 is 2.73 bits per heavy atom. The minimum Gasteiger partial charge on any atom is -0.508 e. The van der Waals surface area contributed by atoms with Crippen LogP contribution in [0.2, 0.25) is 0 Å². The first-order valence-electron chi connectivity index (χ1n) is 6.54. The molecule has 2 N–H and O–H groups in total. The molecule has 0 fully saturated rings. The van der Waals surface area contributed by atoms with Gasteiger partial charge in [-0.1, -0.05) is 6.07 Å². The lowest BCUT2D eigenvalue weighted by atomic mass is 10.2. The Balaban J connectivity index is 1.81. The molecule has 0 bridgehead atoms. The van der Waals surface area contributed by atoms with Crippen LogP contribution < -0.4 is 10.2 Å². The average molecular weight is 363 g/mol. The molecule has 0 spiro atoms. The molecule has 0 aliphatic rings. The van der Waals surface area contributed by atoms with Gasteiger partial charge in [-0.3, -0.25) is 4.79 Å². The molecule has 2 aromatic rings. The van der Waals surface area contributed by atoms with Gasteiger partial charge in [0.05, 0.1) is 10.7 Å². The number of amides is 1. The maximum absolute atomic E-state index is 11.6. The van der Waals surface area contributed by atoms with Crippen molar-refractivity contribution in [1.82, 2.24) is 5.43 Å². The number of ether oxygens (including phenoxy) is 1. The number of hydrogen-bond donors (Lipinski definition) is 2. The van der Waals surface area contributed by atoms with Gasteiger partial charge in [0.15, 0.2) is 6.61 Å². The molecule has 5 nitrogen and oxygen atoms in total. The molecule has 2 rings (SSSR count). The minimum absolute atomic E-state index is 0.130. The van der Waals surface area contributed by atoms with Crippen molar-refractivity contribution in [2.75, 3.05) is 6.61 Å². The summed E-state index contributed by atoms with van der Waals surface area (Å²) in [4.78, 5) is 11.6. The largest absolute Gasteiger partial charge is 0.508 e. The van der Waals surface area contributed by atoms with Crippen LogP contribution in [-0.2, 0) is 4.79 Å². The van der Waals surface area contributed by atoms with Crippen molar-refractivity contribution in [2.24, 2.45) is 5.10 Å². The highest BCUT2D eigenvalue weighted by Crippen LogP contribution is 2.25. The zero-order valence-electron chi connectivity index (χ0n) is 11.9. The molecule has 0 atom stereocenters. The summed E-state index contributed by atoms with van der Waals surface area (Å²) in [6, 6.07) is 12.1. The van der Waals surface area contributed by atoms with Gasteiger partial charge < -0.3 is 9.84 Å². The molecule has 22 heavy (non-hydrogen) atoms. The van der Waals surface area contributed by atoms with Gasteiger partial charge in [-0.25, -0.2) is 5.43 Å². The van der Waals surface area contributed by atoms with Crippen LogP contribution in [0.3, 0.4) is 0 Å². The number of rotatable bonds is 5. The second-order valence-corrected chi connectivity index (χ2v) is 5.46. The van der Waals surface area contributed by atoms with E-state index in [4.69, 9.17) is 9.84 Å². The number of aryl methyl sites for hydroxylation is 1. The number of benzene rings is 2. The van der Waals surface area contributed by atoms with Crippen LogP contribution in [0.25, 0.3) is 0 Å². The Hall–Kier alpha value is -2.34. The monoisotopic (exact) mass is 362 g/mol. The molecule has 6 heteroatoms. The summed E-state index contributed by atoms with van der Waals surface area (Å²) in [5.74, 6) is 0.420. The van der Waals surface area contributed by atoms with Crippen molar-refractivity contribution >= 4 is 28.1 Å². The molecule has 0 aliphatic carbocycles. The second-order valence-electron chi connectivity index (χ2n) is 4.61. The molecule has 0 aromatic heterocycles. The number of carbonyl (C=O) groups is 1. The number of nitrogens with one attached hydrogen (secondary N) is 1. The number of carbonyl (C=O) groups excluding carboxylic acids is 1. The number of hydrazone groups is 1. The SMILES string of the molecule is Cc1ccc(OCC(=O)NN=Cc2ccc(O)cc2)c(Br)c1. The number of halogens is 1. The maximum atomic E-state index is 11.6. The van der Waals surface area contributed by atoms with E-state index in [2.05, 4.69) is 26.5 Å². The van der Waals surface area contributed by atoms with Crippen molar-refractivity contribution in [1.29, 1.82) is 0 Å². The van der Waals surface area contributed by atoms with Crippen molar-refractivity contribution in [3.8, 4) is 11.5 Å². The quantitative estimate of drug-likeness (QED) is 0.634. The second kappa shape index (κ2) is 7.61. The Morgan fingerprint density at radius 2 is 2.05 bits per heavy atom. The fourth-order valence-electron chi connectivity index (χ4n) is 1.64. The third-order valence-corrected chi connectivity index (χ3v) is 3.36. The lowest BCUT2D eigenvalue weighted by Gasteiger charge is -2.07. The highest BCUT2D eigenvalue weighted by molar-refractivity contribution is 9.10. The molecule has 0 radical (unpaired) electrons. The smallest absolute Gasteiger partial charge is 0.277 e. The van der Waals surface area contributed by atoms with Gasteiger partial charge in [0.25, 0.3) is 5.91 Å². The van der Waals surface area contributed by atoms with Gasteiger partial charge in [-0.15, -0.1) is 0 Å². The van der Waals surface area contributed by atoms with Crippen molar-refractivity contribution in [3.63, 3.8) is 0 Å². The third-order valence-electron chi connectivity index (χ3n) is 2.74. The summed E-state index contributed by atoms with van der Waals surface area (Å²) in [7, 11) is 0. The molecule has 2 aromatic carbocycles. The first-order chi connectivity index (χ1) is 10.5. The number of aromatic hydroxyl groups is 1. The zero-order valence-corrected chi connectivity index (χ0v) is 13.5. The number of phenols is 1. The van der Waals surface area contributed by atoms with Gasteiger partial charge in [0, 0.05) is 0 Å². The van der Waals surface area contributed by atoms with Crippen LogP contribution in [0, 0.1) is 6.92 Å². The summed E-state index contributed by atoms with van der Waals surface area (Å²) >= 11 is 3.38. The molecule has 0 saturated carbocycles. The van der Waals surface area contributed by atoms with Gasteiger partial charge in [-0.2, -0.15) is 5.10 Å². The third kappa shape index (κ3) is 4.89. The first-order valence-corrected chi connectivity index (χ1v) is 7.34. The Labute approximate surface area is 136 Å². The fourth-order valence-corrected chi connectivity index (χ4v) is 2.25. The van der Waals surface area contributed by atoms with Gasteiger partial charge in [-0.05, 0) is 70.4 Å². The van der Waals surface area contributed by atoms with E-state index in [9.17, 15) is 4.79 Å². The molecule has 0 aliphatic heterocycles. The van der Waals surface area contributed by atoms with E-state index >= 15 is 0 Å². The van der Waals surface area contributed by atoms with E-state index in [0.717, 1.165) is 15.6 Å². The average Bonchev–Trinajstić information content (AvgIpc) is 2.48. The molecule has 1 amide bonds. The number of nitrogens with zero attached hydrogens (tertiary/aromatic N) is 1. The van der Waals surface area contributed by atoms with Crippen LogP contribution in [0.5, 0.6) is 11.5 Å². The zero-order chi connectivity index (χ0) is 15.9. The van der Waals surface area contributed by atoms with Gasteiger partial charge in [0.2, 0.25) is 0 Å². The highest BCUT2D eigenvalue weighted by Gasteiger charge is 2.04. The predicted molar refractivity (Wildman–Crippen MR) is 88.2 cm³/mol. The summed E-state index contributed by atoms with van der Waals surface area (Å²) in [6.45, 7) is 1.84. The molecule has 0 unspecified atom stereocenters. The van der Waals surface area contributed by atoms with E-state index in [1.54, 1.807) is 30.3 Å². The summed E-state index contributed by atoms with van der Waals surface area (Å²) in [6.07, 6.45) is 1.49. The summed E-state index contributed by atoms with van der Waals surface area (Å²) in [5, 5.41) is 13.0. The van der Waals surface area contributed by atoms with E-state index in [0.29, 0.717) is 5.75 Å². The number of hydrogen-bond acceptors (Lipinski definition) is 4. The van der Waals surface area contributed by atoms with Gasteiger partial charge >= 0.3 is 0 Å². The normalized spacial score (nSPS) is 10.6. The maximum Gasteiger partial charge on any atom is 0.277 e. The molecular formula is C16H15BrN2O3. The Morgan fingerprint density at radius 1 is 1.32 bits per heavy atom. The van der Waals surface area contributed by atoms with Crippen molar-refractivity contribution in [3.05, 3.63) is 58.1 Å². The Kier molecular flexibility index (Phi) is 5.55. The van der Waals surface area contributed by atoms with Crippen LogP contribution in [0.15, 0.2) is 52.0 Å². The lowest BCUT2D eigenvalue weighted by molar-refractivity contribution is -0.123. The molecular weight excluding hydrogens is 348 g/mol. The number of phenolic OH excluding ortho intramolecular Hbond substituents is 1. The Bertz CT molecular complexity index is 684. The lowest BCUT2D eigenvalue weighted by Crippen LogP contribution is -2.24. The van der Waals surface area contributed by atoms with E-state index in [1.165, 1.54) is 6.21 Å². The van der Waals surface area contributed by atoms with E-state index < -0.39 is 0 Å². The minimum atomic E-state index is -0.359. The van der Waals surface area contributed by atoms with Crippen LogP contribution in [0.4, 0.5) is 0 Å². The summed E-state index contributed by atoms with van der Waals surface area (Å²) < 4.78 is 6.21. The van der Waals surface area contributed by atoms with E-state index in [-0.39, 0.29) is 18.3 Å². The highest BCUT2D eigenvalue weighted by atomic mass is 79.9. The molecule has 114 valence electrons. The van der Waals surface area contributed by atoms with E-state index in [1.807, 2.05) is 19.1 Å². The molecule has 0 saturated heterocycles. The topological polar surface area (TPSA) is 70.9 Å². The van der Waals surface area contributed by atoms with Crippen molar-refractivity contribution in [2.45, 2.75) is 6.92 Å². The first kappa shape index (κ1) is 16.0. The van der Waals surface area contributed by atoms with Crippen LogP contribution >= 0.6 is 15.9 Å². The fraction of sp³-hybridized carbons (Fsp3) is 0.125. The summed E-state index contributed by atoms with van der Waals surface area (Å²) in [5.41, 5.74) is 4.24. The standard InChI is InChI=1S/C16H15BrN2O3/c1-11-2-7-15(14(17)8-11)22-10-16(21)19-18-9-12-3-5-13(20)6-4-12/h2-9,20H,10H2,1H3,(H,19,21). The van der Waals surface area contributed by atoms with Gasteiger partial charge in [0.1, 0.15) is 11.5 Å². The molecule has 0 heterocycles.